The summed E-state index contributed by atoms with van der Waals surface area (Å²) < 4.78 is 2.23. The Labute approximate surface area is 104 Å². The van der Waals surface area contributed by atoms with Gasteiger partial charge in [0.05, 0.1) is 6.20 Å². The molecule has 1 aliphatic heterocycles. The predicted molar refractivity (Wildman–Crippen MR) is 71.9 cm³/mol. The maximum Gasteiger partial charge on any atom is 0.323 e. The number of rotatable bonds is 0. The van der Waals surface area contributed by atoms with Gasteiger partial charge in [-0.2, -0.15) is 0 Å². The van der Waals surface area contributed by atoms with E-state index in [1.54, 1.807) is 0 Å². The molecule has 17 heavy (non-hydrogen) atoms. The Hall–Kier alpha value is -1.18. The van der Waals surface area contributed by atoms with Crippen molar-refractivity contribution < 1.29 is 4.57 Å². The third-order valence-electron chi connectivity index (χ3n) is 3.31. The summed E-state index contributed by atoms with van der Waals surface area (Å²) in [7, 11) is 0. The van der Waals surface area contributed by atoms with Gasteiger partial charge in [-0.3, -0.25) is 0 Å². The van der Waals surface area contributed by atoms with E-state index in [1.807, 2.05) is 0 Å². The fourth-order valence-electron chi connectivity index (χ4n) is 1.95. The van der Waals surface area contributed by atoms with Gasteiger partial charge in [-0.1, -0.05) is 41.5 Å². The van der Waals surface area contributed by atoms with Crippen LogP contribution >= 0.6 is 0 Å². The van der Waals surface area contributed by atoms with E-state index >= 15 is 0 Å². The van der Waals surface area contributed by atoms with Crippen LogP contribution in [-0.4, -0.2) is 5.71 Å². The first-order valence-electron chi connectivity index (χ1n) is 6.30. The highest BCUT2D eigenvalue weighted by atomic mass is 15.1. The van der Waals surface area contributed by atoms with Gasteiger partial charge in [0.2, 0.25) is 0 Å². The van der Waals surface area contributed by atoms with Gasteiger partial charge in [0.15, 0.2) is 12.3 Å². The first-order chi connectivity index (χ1) is 7.68. The average molecular weight is 231 g/mol. The van der Waals surface area contributed by atoms with Crippen LogP contribution in [0.15, 0.2) is 23.3 Å². The van der Waals surface area contributed by atoms with Crippen molar-refractivity contribution >= 4 is 11.5 Å². The summed E-state index contributed by atoms with van der Waals surface area (Å²) in [5, 5.41) is 0. The van der Waals surface area contributed by atoms with Crippen molar-refractivity contribution in [3.8, 4) is 0 Å². The Morgan fingerprint density at radius 1 is 1.06 bits per heavy atom. The van der Waals surface area contributed by atoms with Crippen molar-refractivity contribution in [2.75, 3.05) is 0 Å². The molecule has 0 saturated carbocycles. The zero-order valence-corrected chi connectivity index (χ0v) is 11.8. The lowest BCUT2D eigenvalue weighted by molar-refractivity contribution is -0.664. The highest BCUT2D eigenvalue weighted by Gasteiger charge is 2.33. The number of fused-ring (bicyclic) bond motifs is 1. The molecule has 0 fully saturated rings. The number of hydrogen-bond acceptors (Lipinski definition) is 1. The van der Waals surface area contributed by atoms with Gasteiger partial charge in [-0.25, -0.2) is 4.57 Å². The predicted octanol–water partition coefficient (Wildman–Crippen LogP) is 3.40. The van der Waals surface area contributed by atoms with Crippen LogP contribution in [0.2, 0.25) is 0 Å². The largest absolute Gasteiger partial charge is 0.323 e. The molecule has 1 aromatic heterocycles. The molecular formula is C15H23N2+. The zero-order chi connectivity index (χ0) is 12.8. The van der Waals surface area contributed by atoms with Crippen molar-refractivity contribution in [3.63, 3.8) is 0 Å². The minimum Gasteiger partial charge on any atom is -0.223 e. The van der Waals surface area contributed by atoms with E-state index < -0.39 is 0 Å². The van der Waals surface area contributed by atoms with Gasteiger partial charge in [-0.15, -0.1) is 0 Å². The lowest BCUT2D eigenvalue weighted by atomic mass is 9.88. The van der Waals surface area contributed by atoms with Crippen LogP contribution in [0.3, 0.4) is 0 Å². The van der Waals surface area contributed by atoms with Crippen molar-refractivity contribution in [2.24, 2.45) is 10.4 Å². The molecule has 2 rings (SSSR count). The molecule has 0 spiro atoms. The Balaban J connectivity index is 2.40. The molecule has 0 aromatic carbocycles. The maximum absolute atomic E-state index is 4.78. The van der Waals surface area contributed by atoms with Crippen LogP contribution in [0.25, 0.3) is 0 Å². The van der Waals surface area contributed by atoms with E-state index in [-0.39, 0.29) is 10.8 Å². The fraction of sp³-hybridized carbons (Fsp3) is 0.600. The highest BCUT2D eigenvalue weighted by molar-refractivity contribution is 5.91. The van der Waals surface area contributed by atoms with E-state index in [0.717, 1.165) is 12.4 Å². The highest BCUT2D eigenvalue weighted by Crippen LogP contribution is 2.28. The molecule has 0 aliphatic carbocycles. The second-order valence-electron chi connectivity index (χ2n) is 6.96. The molecule has 92 valence electrons. The normalized spacial score (nSPS) is 15.8. The van der Waals surface area contributed by atoms with Crippen LogP contribution in [0, 0.1) is 5.41 Å². The number of pyridine rings is 1. The molecule has 0 atom stereocenters. The quantitative estimate of drug-likeness (QED) is 0.608. The average Bonchev–Trinajstić information content (AvgIpc) is 2.57. The molecule has 2 nitrogen and oxygen atoms in total. The number of aliphatic imine (C=N–C) groups is 1. The summed E-state index contributed by atoms with van der Waals surface area (Å²) in [5.41, 5.74) is 2.97. The zero-order valence-electron chi connectivity index (χ0n) is 11.8. The molecule has 2 heterocycles. The summed E-state index contributed by atoms with van der Waals surface area (Å²) >= 11 is 0. The first-order valence-corrected chi connectivity index (χ1v) is 6.30. The van der Waals surface area contributed by atoms with Crippen LogP contribution in [0.1, 0.15) is 47.1 Å². The van der Waals surface area contributed by atoms with Crippen LogP contribution in [-0.2, 0) is 12.0 Å². The number of aromatic nitrogens is 1. The fourth-order valence-corrected chi connectivity index (χ4v) is 1.95. The Morgan fingerprint density at radius 2 is 1.71 bits per heavy atom. The van der Waals surface area contributed by atoms with Gasteiger partial charge in [0, 0.05) is 11.5 Å². The van der Waals surface area contributed by atoms with Crippen molar-refractivity contribution in [1.29, 1.82) is 0 Å². The van der Waals surface area contributed by atoms with Crippen LogP contribution in [0.5, 0.6) is 0 Å². The molecular weight excluding hydrogens is 208 g/mol. The molecule has 0 radical (unpaired) electrons. The molecule has 1 aliphatic rings. The summed E-state index contributed by atoms with van der Waals surface area (Å²) in [4.78, 5) is 4.78. The van der Waals surface area contributed by atoms with E-state index in [4.69, 9.17) is 4.99 Å². The third-order valence-corrected chi connectivity index (χ3v) is 3.31. The van der Waals surface area contributed by atoms with Gasteiger partial charge >= 0.3 is 5.82 Å². The second kappa shape index (κ2) is 3.66. The van der Waals surface area contributed by atoms with Crippen molar-refractivity contribution in [1.82, 2.24) is 0 Å². The van der Waals surface area contributed by atoms with Gasteiger partial charge in [-0.05, 0) is 22.0 Å². The molecule has 0 N–H and O–H groups in total. The van der Waals surface area contributed by atoms with Crippen molar-refractivity contribution in [2.45, 2.75) is 53.5 Å². The topological polar surface area (TPSA) is 16.2 Å². The minimum atomic E-state index is 0.161. The summed E-state index contributed by atoms with van der Waals surface area (Å²) in [6.45, 7) is 14.3. The maximum atomic E-state index is 4.78. The van der Waals surface area contributed by atoms with Crippen LogP contribution in [0.4, 0.5) is 5.82 Å². The smallest absolute Gasteiger partial charge is 0.223 e. The SMILES string of the molecule is CC(C)(C)C1=Nc2cc(C(C)(C)C)cc[n+]2C1. The van der Waals surface area contributed by atoms with Gasteiger partial charge in [0.1, 0.15) is 0 Å². The molecule has 1 aromatic rings. The van der Waals surface area contributed by atoms with Crippen molar-refractivity contribution in [3.05, 3.63) is 23.9 Å². The molecule has 0 bridgehead atoms. The van der Waals surface area contributed by atoms with Gasteiger partial charge < -0.3 is 0 Å². The Kier molecular flexibility index (Phi) is 2.64. The molecule has 0 saturated heterocycles. The lowest BCUT2D eigenvalue weighted by Gasteiger charge is -2.17. The number of hydrogen-bond donors (Lipinski definition) is 0. The summed E-state index contributed by atoms with van der Waals surface area (Å²) in [6, 6.07) is 4.43. The van der Waals surface area contributed by atoms with Crippen LogP contribution < -0.4 is 4.57 Å². The number of nitrogens with zero attached hydrogens (tertiary/aromatic N) is 2. The molecule has 0 amide bonds. The molecule has 0 unspecified atom stereocenters. The summed E-state index contributed by atoms with van der Waals surface area (Å²) in [5.74, 6) is 1.10. The Bertz CT molecular complexity index is 471. The lowest BCUT2D eigenvalue weighted by Crippen LogP contribution is -2.37. The second-order valence-corrected chi connectivity index (χ2v) is 6.96. The third kappa shape index (κ3) is 2.41. The van der Waals surface area contributed by atoms with E-state index in [0.29, 0.717) is 0 Å². The Morgan fingerprint density at radius 3 is 2.24 bits per heavy atom. The monoisotopic (exact) mass is 231 g/mol. The van der Waals surface area contributed by atoms with Gasteiger partial charge in [0.25, 0.3) is 0 Å². The van der Waals surface area contributed by atoms with E-state index in [1.165, 1.54) is 11.3 Å². The molecule has 2 heteroatoms. The van der Waals surface area contributed by atoms with E-state index in [9.17, 15) is 0 Å². The first kappa shape index (κ1) is 12.3. The minimum absolute atomic E-state index is 0.161. The summed E-state index contributed by atoms with van der Waals surface area (Å²) in [6.07, 6.45) is 2.16. The van der Waals surface area contributed by atoms with E-state index in [2.05, 4.69) is 64.4 Å². The standard InChI is InChI=1S/C15H23N2/c1-14(2,3)11-7-8-17-10-12(15(4,5)6)16-13(17)9-11/h7-9H,10H2,1-6H3/q+1.